The van der Waals surface area contributed by atoms with Gasteiger partial charge in [-0.1, -0.05) is 26.0 Å². The van der Waals surface area contributed by atoms with Gasteiger partial charge in [-0.2, -0.15) is 13.2 Å². The molecule has 2 aromatic rings. The van der Waals surface area contributed by atoms with E-state index in [9.17, 15) is 18.0 Å². The number of carbonyl (C=O) groups is 1. The maximum absolute atomic E-state index is 12.7. The van der Waals surface area contributed by atoms with Crippen molar-refractivity contribution in [3.8, 4) is 10.6 Å². The van der Waals surface area contributed by atoms with Crippen molar-refractivity contribution in [2.75, 3.05) is 13.1 Å². The molecule has 0 saturated carbocycles. The summed E-state index contributed by atoms with van der Waals surface area (Å²) in [6, 6.07) is 4.83. The minimum Gasteiger partial charge on any atom is -0.353 e. The molecule has 3 rings (SSSR count). The van der Waals surface area contributed by atoms with Crippen molar-refractivity contribution >= 4 is 17.2 Å². The second-order valence-electron chi connectivity index (χ2n) is 6.67. The number of hydrogen-bond acceptors (Lipinski definition) is 4. The summed E-state index contributed by atoms with van der Waals surface area (Å²) < 4.78 is 38.0. The first kappa shape index (κ1) is 18.8. The predicted octanol–water partition coefficient (Wildman–Crippen LogP) is 3.79. The summed E-state index contributed by atoms with van der Waals surface area (Å²) in [4.78, 5) is 18.8. The number of nitrogens with zero attached hydrogens (tertiary/aromatic N) is 2. The van der Waals surface area contributed by atoms with Crippen molar-refractivity contribution in [2.45, 2.75) is 32.6 Å². The van der Waals surface area contributed by atoms with Crippen molar-refractivity contribution in [3.05, 3.63) is 40.9 Å². The molecule has 1 saturated heterocycles. The van der Waals surface area contributed by atoms with E-state index in [1.165, 1.54) is 23.5 Å². The van der Waals surface area contributed by atoms with Gasteiger partial charge in [-0.25, -0.2) is 4.98 Å². The molecule has 0 radical (unpaired) electrons. The molecule has 4 nitrogen and oxygen atoms in total. The Morgan fingerprint density at radius 3 is 2.62 bits per heavy atom. The van der Waals surface area contributed by atoms with Gasteiger partial charge >= 0.3 is 6.18 Å². The highest BCUT2D eigenvalue weighted by molar-refractivity contribution is 7.13. The van der Waals surface area contributed by atoms with Crippen LogP contribution in [-0.4, -0.2) is 34.9 Å². The number of thiazole rings is 1. The molecule has 1 aliphatic rings. The zero-order valence-electron chi connectivity index (χ0n) is 14.5. The Morgan fingerprint density at radius 1 is 1.31 bits per heavy atom. The van der Waals surface area contributed by atoms with Crippen LogP contribution in [-0.2, 0) is 17.5 Å². The molecule has 140 valence electrons. The lowest BCUT2D eigenvalue weighted by Gasteiger charge is -2.36. The molecule has 1 unspecified atom stereocenters. The zero-order chi connectivity index (χ0) is 18.9. The zero-order valence-corrected chi connectivity index (χ0v) is 15.3. The Kier molecular flexibility index (Phi) is 5.34. The lowest BCUT2D eigenvalue weighted by atomic mass is 9.99. The van der Waals surface area contributed by atoms with Gasteiger partial charge in [-0.3, -0.25) is 9.69 Å². The summed E-state index contributed by atoms with van der Waals surface area (Å²) in [5.74, 6) is 0.216. The Bertz CT molecular complexity index is 771. The molecule has 8 heteroatoms. The summed E-state index contributed by atoms with van der Waals surface area (Å²) in [6.07, 6.45) is -4.34. The topological polar surface area (TPSA) is 45.2 Å². The van der Waals surface area contributed by atoms with Gasteiger partial charge in [-0.15, -0.1) is 11.3 Å². The molecule has 1 aliphatic heterocycles. The van der Waals surface area contributed by atoms with Gasteiger partial charge in [0.15, 0.2) is 0 Å². The summed E-state index contributed by atoms with van der Waals surface area (Å²) in [5, 5.41) is 5.46. The van der Waals surface area contributed by atoms with E-state index in [2.05, 4.69) is 15.2 Å². The van der Waals surface area contributed by atoms with E-state index in [1.807, 2.05) is 19.2 Å². The van der Waals surface area contributed by atoms with Gasteiger partial charge in [0.25, 0.3) is 0 Å². The minimum atomic E-state index is -4.34. The molecule has 0 spiro atoms. The summed E-state index contributed by atoms with van der Waals surface area (Å²) in [6.45, 7) is 5.93. The van der Waals surface area contributed by atoms with E-state index in [0.717, 1.165) is 24.4 Å². The Morgan fingerprint density at radius 2 is 2.00 bits per heavy atom. The van der Waals surface area contributed by atoms with Crippen LogP contribution in [0.5, 0.6) is 0 Å². The lowest BCUT2D eigenvalue weighted by molar-refractivity contribution is -0.137. The SMILES string of the molecule is CC(C)C1C(=O)NCCN1Cc1csc(-c2ccc(C(F)(F)F)cc2)n1. The number of benzene rings is 1. The van der Waals surface area contributed by atoms with E-state index in [-0.39, 0.29) is 17.9 Å². The predicted molar refractivity (Wildman–Crippen MR) is 94.6 cm³/mol. The number of piperazine rings is 1. The van der Waals surface area contributed by atoms with Crippen molar-refractivity contribution in [3.63, 3.8) is 0 Å². The molecule has 0 aliphatic carbocycles. The van der Waals surface area contributed by atoms with Gasteiger partial charge in [0.1, 0.15) is 5.01 Å². The quantitative estimate of drug-likeness (QED) is 0.874. The van der Waals surface area contributed by atoms with Crippen LogP contribution in [0.3, 0.4) is 0 Å². The Labute approximate surface area is 154 Å². The van der Waals surface area contributed by atoms with Crippen LogP contribution in [0.1, 0.15) is 25.1 Å². The first-order chi connectivity index (χ1) is 12.3. The molecule has 1 aromatic carbocycles. The molecule has 2 heterocycles. The lowest BCUT2D eigenvalue weighted by Crippen LogP contribution is -2.56. The van der Waals surface area contributed by atoms with Gasteiger partial charge in [0, 0.05) is 30.6 Å². The van der Waals surface area contributed by atoms with Gasteiger partial charge in [0.2, 0.25) is 5.91 Å². The standard InChI is InChI=1S/C18H20F3N3OS/c1-11(2)15-16(25)22-7-8-24(15)9-14-10-26-17(23-14)12-3-5-13(6-4-12)18(19,20)21/h3-6,10-11,15H,7-9H2,1-2H3,(H,22,25). The van der Waals surface area contributed by atoms with Gasteiger partial charge < -0.3 is 5.32 Å². The molecule has 1 aromatic heterocycles. The third-order valence-electron chi connectivity index (χ3n) is 4.37. The van der Waals surface area contributed by atoms with E-state index in [0.29, 0.717) is 23.7 Å². The highest BCUT2D eigenvalue weighted by Crippen LogP contribution is 2.32. The Balaban J connectivity index is 1.74. The second-order valence-corrected chi connectivity index (χ2v) is 7.53. The molecular weight excluding hydrogens is 363 g/mol. The van der Waals surface area contributed by atoms with Crippen LogP contribution >= 0.6 is 11.3 Å². The molecular formula is C18H20F3N3OS. The monoisotopic (exact) mass is 383 g/mol. The molecule has 1 N–H and O–H groups in total. The number of halogens is 3. The number of aromatic nitrogens is 1. The number of amides is 1. The van der Waals surface area contributed by atoms with Crippen molar-refractivity contribution < 1.29 is 18.0 Å². The average Bonchev–Trinajstić information content (AvgIpc) is 3.02. The van der Waals surface area contributed by atoms with E-state index in [1.54, 1.807) is 0 Å². The normalized spacial score (nSPS) is 19.0. The molecule has 1 amide bonds. The third-order valence-corrected chi connectivity index (χ3v) is 5.31. The van der Waals surface area contributed by atoms with Crippen LogP contribution in [0.4, 0.5) is 13.2 Å². The van der Waals surface area contributed by atoms with Crippen LogP contribution in [0, 0.1) is 5.92 Å². The number of hydrogen-bond donors (Lipinski definition) is 1. The fourth-order valence-corrected chi connectivity index (χ4v) is 3.97. The fourth-order valence-electron chi connectivity index (χ4n) is 3.16. The van der Waals surface area contributed by atoms with Crippen molar-refractivity contribution in [2.24, 2.45) is 5.92 Å². The van der Waals surface area contributed by atoms with E-state index < -0.39 is 11.7 Å². The van der Waals surface area contributed by atoms with Crippen LogP contribution in [0.25, 0.3) is 10.6 Å². The number of carbonyl (C=O) groups excluding carboxylic acids is 1. The highest BCUT2D eigenvalue weighted by Gasteiger charge is 2.32. The number of alkyl halides is 3. The van der Waals surface area contributed by atoms with Gasteiger partial charge in [0.05, 0.1) is 17.3 Å². The molecule has 0 bridgehead atoms. The second kappa shape index (κ2) is 7.36. The van der Waals surface area contributed by atoms with E-state index in [4.69, 9.17) is 0 Å². The van der Waals surface area contributed by atoms with Gasteiger partial charge in [-0.05, 0) is 18.1 Å². The Hall–Kier alpha value is -1.93. The van der Waals surface area contributed by atoms with E-state index >= 15 is 0 Å². The van der Waals surface area contributed by atoms with Crippen LogP contribution in [0.15, 0.2) is 29.6 Å². The highest BCUT2D eigenvalue weighted by atomic mass is 32.1. The van der Waals surface area contributed by atoms with Crippen LogP contribution in [0.2, 0.25) is 0 Å². The fraction of sp³-hybridized carbons (Fsp3) is 0.444. The first-order valence-corrected chi connectivity index (χ1v) is 9.27. The summed E-state index contributed by atoms with van der Waals surface area (Å²) in [5.41, 5.74) is 0.813. The first-order valence-electron chi connectivity index (χ1n) is 8.39. The molecule has 26 heavy (non-hydrogen) atoms. The number of nitrogens with one attached hydrogen (secondary N) is 1. The largest absolute Gasteiger partial charge is 0.416 e. The average molecular weight is 383 g/mol. The minimum absolute atomic E-state index is 0.0319. The van der Waals surface area contributed by atoms with Crippen molar-refractivity contribution in [1.29, 1.82) is 0 Å². The van der Waals surface area contributed by atoms with Crippen LogP contribution < -0.4 is 5.32 Å². The maximum atomic E-state index is 12.7. The maximum Gasteiger partial charge on any atom is 0.416 e. The summed E-state index contributed by atoms with van der Waals surface area (Å²) in [7, 11) is 0. The number of rotatable bonds is 4. The molecule has 1 atom stereocenters. The van der Waals surface area contributed by atoms with Crippen molar-refractivity contribution in [1.82, 2.24) is 15.2 Å². The smallest absolute Gasteiger partial charge is 0.353 e. The summed E-state index contributed by atoms with van der Waals surface area (Å²) >= 11 is 1.40. The third kappa shape index (κ3) is 4.07. The molecule has 1 fully saturated rings.